The van der Waals surface area contributed by atoms with Crippen LogP contribution in [0.4, 0.5) is 0 Å². The van der Waals surface area contributed by atoms with Crippen molar-refractivity contribution in [3.05, 3.63) is 29.8 Å². The van der Waals surface area contributed by atoms with Crippen LogP contribution in [-0.4, -0.2) is 64.4 Å². The predicted octanol–water partition coefficient (Wildman–Crippen LogP) is 1.93. The van der Waals surface area contributed by atoms with Gasteiger partial charge in [0.2, 0.25) is 0 Å². The maximum Gasteiger partial charge on any atom is 0.137 e. The zero-order chi connectivity index (χ0) is 16.9. The molecule has 0 saturated carbocycles. The molecule has 1 fully saturated rings. The van der Waals surface area contributed by atoms with Crippen LogP contribution in [0.25, 0.3) is 0 Å². The second-order valence-electron chi connectivity index (χ2n) is 5.57. The van der Waals surface area contributed by atoms with Crippen LogP contribution in [0.15, 0.2) is 29.2 Å². The van der Waals surface area contributed by atoms with Crippen molar-refractivity contribution in [2.75, 3.05) is 34.5 Å². The van der Waals surface area contributed by atoms with Gasteiger partial charge < -0.3 is 23.7 Å². The molecule has 5 atom stereocenters. The average Bonchev–Trinajstić information content (AvgIpc) is 2.64. The number of benzene rings is 1. The molecule has 130 valence electrons. The van der Waals surface area contributed by atoms with Crippen molar-refractivity contribution in [2.24, 2.45) is 0 Å². The largest absolute Gasteiger partial charge is 0.376 e. The standard InChI is InChI=1S/C18H22O5S/c1-19-15-13-11-22-10-6-8-12-7-4-5-9-14(12)24-18(23-13)17(21-3)16(15)20-2/h4-5,7,9,13,15-18H,10-11H2,1-3H3/t13-,15+,16+,17-,18-/m1/s1. The van der Waals surface area contributed by atoms with Crippen LogP contribution in [0.2, 0.25) is 0 Å². The highest BCUT2D eigenvalue weighted by molar-refractivity contribution is 7.99. The van der Waals surface area contributed by atoms with Gasteiger partial charge in [-0.15, -0.1) is 0 Å². The second kappa shape index (κ2) is 8.34. The minimum Gasteiger partial charge on any atom is -0.376 e. The number of ether oxygens (including phenoxy) is 5. The molecule has 5 nitrogen and oxygen atoms in total. The second-order valence-corrected chi connectivity index (χ2v) is 6.71. The summed E-state index contributed by atoms with van der Waals surface area (Å²) in [6.45, 7) is 0.752. The van der Waals surface area contributed by atoms with E-state index in [1.54, 1.807) is 33.1 Å². The van der Waals surface area contributed by atoms with E-state index in [9.17, 15) is 0 Å². The highest BCUT2D eigenvalue weighted by Gasteiger charge is 2.47. The van der Waals surface area contributed by atoms with Crippen LogP contribution < -0.4 is 0 Å². The Hall–Kier alpha value is -1.07. The summed E-state index contributed by atoms with van der Waals surface area (Å²) in [6, 6.07) is 8.02. The van der Waals surface area contributed by atoms with Gasteiger partial charge in [-0.1, -0.05) is 35.7 Å². The maximum absolute atomic E-state index is 6.27. The fourth-order valence-electron chi connectivity index (χ4n) is 3.06. The first-order valence-electron chi connectivity index (χ1n) is 7.84. The monoisotopic (exact) mass is 350 g/mol. The van der Waals surface area contributed by atoms with E-state index in [1.165, 1.54) is 0 Å². The highest BCUT2D eigenvalue weighted by Crippen LogP contribution is 2.37. The molecule has 2 heterocycles. The quantitative estimate of drug-likeness (QED) is 0.777. The number of hydrogen-bond donors (Lipinski definition) is 0. The number of methoxy groups -OCH3 is 3. The summed E-state index contributed by atoms with van der Waals surface area (Å²) in [4.78, 5) is 1.06. The van der Waals surface area contributed by atoms with Crippen molar-refractivity contribution < 1.29 is 23.7 Å². The van der Waals surface area contributed by atoms with Crippen molar-refractivity contribution >= 4 is 11.8 Å². The molecule has 24 heavy (non-hydrogen) atoms. The summed E-state index contributed by atoms with van der Waals surface area (Å²) in [5.74, 6) is 6.23. The maximum atomic E-state index is 6.27. The van der Waals surface area contributed by atoms with Crippen molar-refractivity contribution in [2.45, 2.75) is 34.7 Å². The summed E-state index contributed by atoms with van der Waals surface area (Å²) >= 11 is 1.60. The van der Waals surface area contributed by atoms with E-state index < -0.39 is 0 Å². The van der Waals surface area contributed by atoms with Gasteiger partial charge in [-0.05, 0) is 12.1 Å². The lowest BCUT2D eigenvalue weighted by Crippen LogP contribution is -2.59. The molecule has 0 unspecified atom stereocenters. The van der Waals surface area contributed by atoms with Gasteiger partial charge >= 0.3 is 0 Å². The summed E-state index contributed by atoms with van der Waals surface area (Å²) in [5.41, 5.74) is 0.729. The van der Waals surface area contributed by atoms with E-state index in [1.807, 2.05) is 24.3 Å². The first-order chi connectivity index (χ1) is 11.8. The van der Waals surface area contributed by atoms with Crippen LogP contribution in [-0.2, 0) is 23.7 Å². The lowest BCUT2D eigenvalue weighted by molar-refractivity contribution is -0.229. The van der Waals surface area contributed by atoms with Crippen LogP contribution in [0.3, 0.4) is 0 Å². The molecule has 1 saturated heterocycles. The Bertz CT molecular complexity index is 611. The minimum absolute atomic E-state index is 0.235. The van der Waals surface area contributed by atoms with E-state index >= 15 is 0 Å². The lowest BCUT2D eigenvalue weighted by Gasteiger charge is -2.44. The molecule has 1 aromatic rings. The third kappa shape index (κ3) is 3.62. The molecule has 0 amide bonds. The third-order valence-electron chi connectivity index (χ3n) is 4.22. The fourth-order valence-corrected chi connectivity index (χ4v) is 4.32. The lowest BCUT2D eigenvalue weighted by atomic mass is 9.99. The number of rotatable bonds is 3. The van der Waals surface area contributed by atoms with Gasteiger partial charge in [0.25, 0.3) is 0 Å². The molecule has 0 N–H and O–H groups in total. The Morgan fingerprint density at radius 3 is 2.54 bits per heavy atom. The highest BCUT2D eigenvalue weighted by atomic mass is 32.2. The van der Waals surface area contributed by atoms with Crippen molar-refractivity contribution in [1.82, 2.24) is 0 Å². The van der Waals surface area contributed by atoms with Crippen LogP contribution in [0.5, 0.6) is 0 Å². The molecular formula is C18H22O5S. The Morgan fingerprint density at radius 2 is 1.79 bits per heavy atom. The normalized spacial score (nSPS) is 32.9. The molecule has 6 heteroatoms. The molecule has 1 aromatic carbocycles. The Kier molecular flexibility index (Phi) is 6.17. The summed E-state index contributed by atoms with van der Waals surface area (Å²) in [5, 5.41) is 0. The molecular weight excluding hydrogens is 328 g/mol. The van der Waals surface area contributed by atoms with E-state index in [4.69, 9.17) is 23.7 Å². The number of hydrogen-bond acceptors (Lipinski definition) is 6. The predicted molar refractivity (Wildman–Crippen MR) is 91.0 cm³/mol. The Labute approximate surface area is 146 Å². The summed E-state index contributed by atoms with van der Waals surface area (Å²) in [7, 11) is 4.99. The van der Waals surface area contributed by atoms with Gasteiger partial charge in [0.15, 0.2) is 0 Å². The number of fused-ring (bicyclic) bond motifs is 3. The summed E-state index contributed by atoms with van der Waals surface area (Å²) < 4.78 is 29.0. The van der Waals surface area contributed by atoms with Crippen LogP contribution >= 0.6 is 11.8 Å². The first-order valence-corrected chi connectivity index (χ1v) is 8.72. The molecule has 3 rings (SSSR count). The van der Waals surface area contributed by atoms with E-state index in [0.29, 0.717) is 13.2 Å². The zero-order valence-corrected chi connectivity index (χ0v) is 14.9. The third-order valence-corrected chi connectivity index (χ3v) is 5.44. The van der Waals surface area contributed by atoms with E-state index in [2.05, 4.69) is 11.8 Å². The van der Waals surface area contributed by atoms with Gasteiger partial charge in [0.1, 0.15) is 36.5 Å². The molecule has 0 radical (unpaired) electrons. The Balaban J connectivity index is 1.96. The fraction of sp³-hybridized carbons (Fsp3) is 0.556. The molecule has 0 aliphatic carbocycles. The van der Waals surface area contributed by atoms with Crippen LogP contribution in [0, 0.1) is 11.8 Å². The van der Waals surface area contributed by atoms with E-state index in [0.717, 1.165) is 10.5 Å². The Morgan fingerprint density at radius 1 is 1.04 bits per heavy atom. The van der Waals surface area contributed by atoms with E-state index in [-0.39, 0.29) is 29.9 Å². The van der Waals surface area contributed by atoms with Crippen molar-refractivity contribution in [3.63, 3.8) is 0 Å². The smallest absolute Gasteiger partial charge is 0.137 e. The van der Waals surface area contributed by atoms with Crippen LogP contribution in [0.1, 0.15) is 5.56 Å². The van der Waals surface area contributed by atoms with Gasteiger partial charge in [-0.3, -0.25) is 0 Å². The summed E-state index contributed by atoms with van der Waals surface area (Å²) in [6.07, 6.45) is -1.01. The van der Waals surface area contributed by atoms with Gasteiger partial charge in [0.05, 0.1) is 6.61 Å². The zero-order valence-electron chi connectivity index (χ0n) is 14.1. The SMILES string of the molecule is CO[C@@H]1[C@@H](OC)[C@@H]2O[C@H](COCC#Cc3ccccc3S2)[C@@H]1OC. The molecule has 2 aliphatic rings. The first kappa shape index (κ1) is 17.7. The topological polar surface area (TPSA) is 46.2 Å². The number of thioether (sulfide) groups is 1. The van der Waals surface area contributed by atoms with Crippen molar-refractivity contribution in [3.8, 4) is 11.8 Å². The molecule has 0 spiro atoms. The molecule has 0 aromatic heterocycles. The molecule has 2 bridgehead atoms. The van der Waals surface area contributed by atoms with Crippen molar-refractivity contribution in [1.29, 1.82) is 0 Å². The van der Waals surface area contributed by atoms with Gasteiger partial charge in [0, 0.05) is 31.8 Å². The van der Waals surface area contributed by atoms with Gasteiger partial charge in [-0.2, -0.15) is 0 Å². The van der Waals surface area contributed by atoms with Gasteiger partial charge in [-0.25, -0.2) is 0 Å². The minimum atomic E-state index is -0.263. The average molecular weight is 350 g/mol. The molecule has 2 aliphatic heterocycles.